The number of pyridine rings is 1. The number of anilines is 1. The van der Waals surface area contributed by atoms with Crippen molar-refractivity contribution in [2.75, 3.05) is 18.5 Å². The molecule has 0 bridgehead atoms. The van der Waals surface area contributed by atoms with Crippen LogP contribution >= 0.6 is 22.9 Å². The molecule has 0 amide bonds. The predicted molar refractivity (Wildman–Crippen MR) is 109 cm³/mol. The van der Waals surface area contributed by atoms with Crippen molar-refractivity contribution in [1.29, 1.82) is 0 Å². The molecule has 2 atom stereocenters. The van der Waals surface area contributed by atoms with Crippen molar-refractivity contribution in [3.05, 3.63) is 57.6 Å². The first-order valence-corrected chi connectivity index (χ1v) is 10.0. The number of nitrogens with two attached hydrogens (primary N) is 1. The van der Waals surface area contributed by atoms with Crippen LogP contribution in [0.25, 0.3) is 10.2 Å². The molecule has 2 aromatic heterocycles. The Balaban J connectivity index is 1.70. The van der Waals surface area contributed by atoms with Gasteiger partial charge in [-0.15, -0.1) is 11.3 Å². The number of ether oxygens (including phenoxy) is 1. The molecule has 3 aromatic rings. The maximum atomic E-state index is 6.37. The molecule has 26 heavy (non-hydrogen) atoms. The standard InChI is InChI=1S/C20H22ClN3OS/c1-12-18-20(26-19(12)14-11-25-8-7-15(14)22)16(9-17(21)24-18)23-10-13-5-3-2-4-6-13/h2-6,9,14-15H,7-8,10-11,22H2,1H3,(H,23,24)/t14-,15-/m0/s1. The lowest BCUT2D eigenvalue weighted by Gasteiger charge is -2.28. The van der Waals surface area contributed by atoms with Crippen molar-refractivity contribution in [3.8, 4) is 0 Å². The topological polar surface area (TPSA) is 60.2 Å². The van der Waals surface area contributed by atoms with E-state index < -0.39 is 0 Å². The summed E-state index contributed by atoms with van der Waals surface area (Å²) in [6.07, 6.45) is 0.894. The van der Waals surface area contributed by atoms with Crippen LogP contribution in [0.5, 0.6) is 0 Å². The van der Waals surface area contributed by atoms with Gasteiger partial charge in [-0.3, -0.25) is 0 Å². The highest BCUT2D eigenvalue weighted by atomic mass is 35.5. The molecular weight excluding hydrogens is 366 g/mol. The first-order chi connectivity index (χ1) is 12.6. The minimum Gasteiger partial charge on any atom is -0.381 e. The van der Waals surface area contributed by atoms with Gasteiger partial charge in [0, 0.05) is 36.1 Å². The number of hydrogen-bond acceptors (Lipinski definition) is 5. The summed E-state index contributed by atoms with van der Waals surface area (Å²) < 4.78 is 6.82. The Bertz CT molecular complexity index is 912. The molecule has 3 N–H and O–H groups in total. The van der Waals surface area contributed by atoms with Gasteiger partial charge < -0.3 is 15.8 Å². The Morgan fingerprint density at radius 1 is 1.35 bits per heavy atom. The van der Waals surface area contributed by atoms with E-state index in [4.69, 9.17) is 22.1 Å². The van der Waals surface area contributed by atoms with E-state index in [2.05, 4.69) is 29.4 Å². The van der Waals surface area contributed by atoms with Crippen LogP contribution in [-0.2, 0) is 11.3 Å². The fourth-order valence-corrected chi connectivity index (χ4v) is 5.06. The number of aryl methyl sites for hydroxylation is 1. The third kappa shape index (κ3) is 3.45. The summed E-state index contributed by atoms with van der Waals surface area (Å²) >= 11 is 8.07. The normalized spacial score (nSPS) is 20.4. The second-order valence-electron chi connectivity index (χ2n) is 6.73. The van der Waals surface area contributed by atoms with E-state index in [1.165, 1.54) is 16.0 Å². The Morgan fingerprint density at radius 2 is 2.15 bits per heavy atom. The van der Waals surface area contributed by atoms with Gasteiger partial charge in [-0.25, -0.2) is 4.98 Å². The van der Waals surface area contributed by atoms with Gasteiger partial charge in [0.2, 0.25) is 0 Å². The molecule has 0 unspecified atom stereocenters. The maximum Gasteiger partial charge on any atom is 0.131 e. The summed E-state index contributed by atoms with van der Waals surface area (Å²) in [5.41, 5.74) is 10.7. The lowest BCUT2D eigenvalue weighted by molar-refractivity contribution is 0.0700. The molecule has 136 valence electrons. The lowest BCUT2D eigenvalue weighted by Crippen LogP contribution is -2.36. The summed E-state index contributed by atoms with van der Waals surface area (Å²) in [6.45, 7) is 4.28. The molecule has 1 aromatic carbocycles. The third-order valence-corrected chi connectivity index (χ3v) is 6.59. The molecule has 0 saturated carbocycles. The molecule has 4 rings (SSSR count). The van der Waals surface area contributed by atoms with Crippen molar-refractivity contribution >= 4 is 38.8 Å². The molecule has 0 spiro atoms. The van der Waals surface area contributed by atoms with Crippen LogP contribution in [0.4, 0.5) is 5.69 Å². The van der Waals surface area contributed by atoms with Crippen LogP contribution in [0.3, 0.4) is 0 Å². The highest BCUT2D eigenvalue weighted by Crippen LogP contribution is 2.41. The first-order valence-electron chi connectivity index (χ1n) is 8.84. The van der Waals surface area contributed by atoms with Gasteiger partial charge in [0.25, 0.3) is 0 Å². The van der Waals surface area contributed by atoms with Crippen molar-refractivity contribution < 1.29 is 4.74 Å². The number of nitrogens with zero attached hydrogens (tertiary/aromatic N) is 1. The summed E-state index contributed by atoms with van der Waals surface area (Å²) in [5, 5.41) is 4.03. The lowest BCUT2D eigenvalue weighted by atomic mass is 9.93. The van der Waals surface area contributed by atoms with Gasteiger partial charge in [-0.05, 0) is 24.5 Å². The zero-order chi connectivity index (χ0) is 18.1. The van der Waals surface area contributed by atoms with Crippen LogP contribution in [-0.4, -0.2) is 24.2 Å². The van der Waals surface area contributed by atoms with E-state index in [-0.39, 0.29) is 12.0 Å². The average Bonchev–Trinajstić information content (AvgIpc) is 2.98. The second kappa shape index (κ2) is 7.53. The minimum absolute atomic E-state index is 0.131. The SMILES string of the molecule is Cc1c([C@H]2COCC[C@@H]2N)sc2c(NCc3ccccc3)cc(Cl)nc12. The monoisotopic (exact) mass is 387 g/mol. The number of aromatic nitrogens is 1. The molecule has 0 radical (unpaired) electrons. The highest BCUT2D eigenvalue weighted by Gasteiger charge is 2.28. The number of thiophene rings is 1. The van der Waals surface area contributed by atoms with Crippen molar-refractivity contribution in [3.63, 3.8) is 0 Å². The predicted octanol–water partition coefficient (Wildman–Crippen LogP) is 4.70. The number of rotatable bonds is 4. The zero-order valence-electron chi connectivity index (χ0n) is 14.7. The van der Waals surface area contributed by atoms with Crippen molar-refractivity contribution in [2.24, 2.45) is 5.73 Å². The average molecular weight is 388 g/mol. The largest absolute Gasteiger partial charge is 0.381 e. The van der Waals surface area contributed by atoms with Crippen LogP contribution in [0.1, 0.15) is 28.3 Å². The number of hydrogen-bond donors (Lipinski definition) is 2. The van der Waals surface area contributed by atoms with Gasteiger partial charge in [-0.1, -0.05) is 41.9 Å². The Labute approximate surface area is 162 Å². The quantitative estimate of drug-likeness (QED) is 0.637. The van der Waals surface area contributed by atoms with E-state index in [1.54, 1.807) is 11.3 Å². The summed E-state index contributed by atoms with van der Waals surface area (Å²) in [6, 6.07) is 12.4. The number of fused-ring (bicyclic) bond motifs is 1. The Kier molecular flexibility index (Phi) is 5.14. The van der Waals surface area contributed by atoms with E-state index in [0.717, 1.165) is 35.5 Å². The van der Waals surface area contributed by atoms with E-state index in [0.29, 0.717) is 11.8 Å². The van der Waals surface area contributed by atoms with Gasteiger partial charge in [0.1, 0.15) is 5.15 Å². The Morgan fingerprint density at radius 3 is 2.92 bits per heavy atom. The Hall–Kier alpha value is -1.66. The van der Waals surface area contributed by atoms with Gasteiger partial charge in [0.05, 0.1) is 22.5 Å². The molecule has 1 aliphatic rings. The molecule has 0 aliphatic carbocycles. The van der Waals surface area contributed by atoms with Crippen molar-refractivity contribution in [1.82, 2.24) is 4.98 Å². The maximum absolute atomic E-state index is 6.37. The number of halogens is 1. The van der Waals surface area contributed by atoms with E-state index in [9.17, 15) is 0 Å². The van der Waals surface area contributed by atoms with Crippen LogP contribution in [0, 0.1) is 6.92 Å². The highest BCUT2D eigenvalue weighted by molar-refractivity contribution is 7.20. The molecule has 1 fully saturated rings. The number of benzene rings is 1. The summed E-state index contributed by atoms with van der Waals surface area (Å²) in [4.78, 5) is 5.85. The van der Waals surface area contributed by atoms with E-state index in [1.807, 2.05) is 24.3 Å². The van der Waals surface area contributed by atoms with Crippen LogP contribution in [0.15, 0.2) is 36.4 Å². The second-order valence-corrected chi connectivity index (χ2v) is 8.17. The first kappa shape index (κ1) is 17.7. The van der Waals surface area contributed by atoms with Gasteiger partial charge >= 0.3 is 0 Å². The minimum atomic E-state index is 0.131. The van der Waals surface area contributed by atoms with Crippen LogP contribution < -0.4 is 11.1 Å². The fraction of sp³-hybridized carbons (Fsp3) is 0.350. The molecule has 3 heterocycles. The van der Waals surface area contributed by atoms with Gasteiger partial charge in [0.15, 0.2) is 0 Å². The summed E-state index contributed by atoms with van der Waals surface area (Å²) in [7, 11) is 0. The van der Waals surface area contributed by atoms with Crippen LogP contribution in [0.2, 0.25) is 5.15 Å². The third-order valence-electron chi connectivity index (χ3n) is 4.95. The molecule has 4 nitrogen and oxygen atoms in total. The van der Waals surface area contributed by atoms with Gasteiger partial charge in [-0.2, -0.15) is 0 Å². The smallest absolute Gasteiger partial charge is 0.131 e. The molecule has 6 heteroatoms. The number of nitrogens with one attached hydrogen (secondary N) is 1. The molecular formula is C20H22ClN3OS. The summed E-state index contributed by atoms with van der Waals surface area (Å²) in [5.74, 6) is 0.226. The van der Waals surface area contributed by atoms with Crippen molar-refractivity contribution in [2.45, 2.75) is 31.8 Å². The molecule has 1 saturated heterocycles. The van der Waals surface area contributed by atoms with E-state index >= 15 is 0 Å². The molecule has 1 aliphatic heterocycles. The fourth-order valence-electron chi connectivity index (χ4n) is 3.47. The zero-order valence-corrected chi connectivity index (χ0v) is 16.2.